The molecule has 0 N–H and O–H groups in total. The van der Waals surface area contributed by atoms with Crippen LogP contribution in [0.3, 0.4) is 0 Å². The first kappa shape index (κ1) is 19.1. The fraction of sp³-hybridized carbons (Fsp3) is 0.292. The van der Waals surface area contributed by atoms with Gasteiger partial charge in [-0.3, -0.25) is 4.79 Å². The van der Waals surface area contributed by atoms with E-state index in [1.54, 1.807) is 0 Å². The lowest BCUT2D eigenvalue weighted by molar-refractivity contribution is 0.0746. The van der Waals surface area contributed by atoms with Crippen molar-refractivity contribution in [2.45, 2.75) is 20.3 Å². The number of hydrogen-bond acceptors (Lipinski definition) is 4. The van der Waals surface area contributed by atoms with Crippen molar-refractivity contribution in [1.82, 2.24) is 15.1 Å². The van der Waals surface area contributed by atoms with E-state index in [2.05, 4.69) is 46.3 Å². The molecule has 0 aliphatic carbocycles. The zero-order chi connectivity index (χ0) is 20.2. The molecule has 1 aliphatic rings. The maximum Gasteiger partial charge on any atom is 0.253 e. The Labute approximate surface area is 172 Å². The summed E-state index contributed by atoms with van der Waals surface area (Å²) in [5.74, 6) is 0.961. The highest BCUT2D eigenvalue weighted by molar-refractivity contribution is 5.94. The lowest BCUT2D eigenvalue weighted by atomic mass is 10.1. The molecule has 0 unspecified atom stereocenters. The van der Waals surface area contributed by atoms with E-state index in [1.807, 2.05) is 48.2 Å². The summed E-state index contributed by atoms with van der Waals surface area (Å²) in [6.07, 6.45) is 1.03. The van der Waals surface area contributed by atoms with E-state index >= 15 is 0 Å². The maximum atomic E-state index is 12.7. The molecule has 4 rings (SSSR count). The van der Waals surface area contributed by atoms with Crippen molar-refractivity contribution in [2.75, 3.05) is 31.1 Å². The monoisotopic (exact) mass is 386 g/mol. The summed E-state index contributed by atoms with van der Waals surface area (Å²) >= 11 is 0. The van der Waals surface area contributed by atoms with E-state index in [0.29, 0.717) is 13.1 Å². The topological polar surface area (TPSA) is 49.3 Å². The van der Waals surface area contributed by atoms with Crippen molar-refractivity contribution >= 4 is 11.7 Å². The van der Waals surface area contributed by atoms with Crippen LogP contribution in [-0.2, 0) is 6.42 Å². The van der Waals surface area contributed by atoms with Gasteiger partial charge in [0.25, 0.3) is 5.91 Å². The number of rotatable bonds is 4. The molecule has 2 heterocycles. The van der Waals surface area contributed by atoms with Crippen molar-refractivity contribution < 1.29 is 4.79 Å². The highest BCUT2D eigenvalue weighted by Crippen LogP contribution is 2.20. The second kappa shape index (κ2) is 8.43. The Hall–Kier alpha value is -3.21. The van der Waals surface area contributed by atoms with Gasteiger partial charge in [0.1, 0.15) is 0 Å². The Morgan fingerprint density at radius 2 is 1.55 bits per heavy atom. The summed E-state index contributed by atoms with van der Waals surface area (Å²) in [4.78, 5) is 16.8. The summed E-state index contributed by atoms with van der Waals surface area (Å²) in [6.45, 7) is 7.08. The highest BCUT2D eigenvalue weighted by Gasteiger charge is 2.23. The minimum atomic E-state index is 0.0987. The summed E-state index contributed by atoms with van der Waals surface area (Å²) in [5.41, 5.74) is 5.19. The number of amides is 1. The Balaban J connectivity index is 1.38. The van der Waals surface area contributed by atoms with Gasteiger partial charge in [-0.15, -0.1) is 10.2 Å². The molecule has 0 atom stereocenters. The molecule has 0 spiro atoms. The van der Waals surface area contributed by atoms with Gasteiger partial charge in [-0.05, 0) is 43.2 Å². The largest absolute Gasteiger partial charge is 0.352 e. The van der Waals surface area contributed by atoms with Crippen LogP contribution >= 0.6 is 0 Å². The van der Waals surface area contributed by atoms with Crippen LogP contribution in [0.15, 0.2) is 60.7 Å². The lowest BCUT2D eigenvalue weighted by Crippen LogP contribution is -2.49. The third-order valence-electron chi connectivity index (χ3n) is 5.50. The van der Waals surface area contributed by atoms with Crippen molar-refractivity contribution in [3.05, 3.63) is 77.4 Å². The molecular formula is C24H26N4O. The van der Waals surface area contributed by atoms with Crippen molar-refractivity contribution in [3.63, 3.8) is 0 Å². The molecule has 5 heteroatoms. The van der Waals surface area contributed by atoms with Gasteiger partial charge in [-0.2, -0.15) is 0 Å². The second-order valence-electron chi connectivity index (χ2n) is 7.47. The smallest absolute Gasteiger partial charge is 0.253 e. The molecule has 0 radical (unpaired) electrons. The molecule has 1 amide bonds. The van der Waals surface area contributed by atoms with Gasteiger partial charge in [0.2, 0.25) is 0 Å². The zero-order valence-corrected chi connectivity index (χ0v) is 17.0. The van der Waals surface area contributed by atoms with Gasteiger partial charge >= 0.3 is 0 Å². The van der Waals surface area contributed by atoms with Crippen LogP contribution in [0, 0.1) is 6.92 Å². The van der Waals surface area contributed by atoms with E-state index in [0.717, 1.165) is 47.7 Å². The van der Waals surface area contributed by atoms with E-state index in [1.165, 1.54) is 5.56 Å². The van der Waals surface area contributed by atoms with Gasteiger partial charge < -0.3 is 9.80 Å². The number of piperazine rings is 1. The number of aromatic nitrogens is 2. The molecule has 29 heavy (non-hydrogen) atoms. The fourth-order valence-corrected chi connectivity index (χ4v) is 3.58. The van der Waals surface area contributed by atoms with E-state index in [9.17, 15) is 4.79 Å². The summed E-state index contributed by atoms with van der Waals surface area (Å²) in [7, 11) is 0. The number of anilines is 1. The van der Waals surface area contributed by atoms with Crippen molar-refractivity contribution in [1.29, 1.82) is 0 Å². The molecule has 0 saturated carbocycles. The number of hydrogen-bond donors (Lipinski definition) is 0. The first-order valence-corrected chi connectivity index (χ1v) is 10.2. The maximum absolute atomic E-state index is 12.7. The van der Waals surface area contributed by atoms with E-state index < -0.39 is 0 Å². The highest BCUT2D eigenvalue weighted by atomic mass is 16.2. The molecule has 1 fully saturated rings. The molecule has 2 aromatic carbocycles. The molecule has 1 saturated heterocycles. The second-order valence-corrected chi connectivity index (χ2v) is 7.47. The Morgan fingerprint density at radius 1 is 0.862 bits per heavy atom. The standard InChI is InChI=1S/C24H26N4O/c1-3-19-6-10-20(11-7-19)22-12-13-23(26-25-22)27-14-16-28(17-15-27)24(29)21-8-4-18(2)5-9-21/h4-13H,3,14-17H2,1-2H3. The molecule has 3 aromatic rings. The quantitative estimate of drug-likeness (QED) is 0.681. The average molecular weight is 386 g/mol. The molecule has 1 aliphatic heterocycles. The third-order valence-corrected chi connectivity index (χ3v) is 5.50. The molecule has 148 valence electrons. The van der Waals surface area contributed by atoms with Crippen LogP contribution in [0.4, 0.5) is 5.82 Å². The van der Waals surface area contributed by atoms with Crippen LogP contribution in [0.2, 0.25) is 0 Å². The first-order chi connectivity index (χ1) is 14.1. The van der Waals surface area contributed by atoms with Crippen LogP contribution in [0.25, 0.3) is 11.3 Å². The third kappa shape index (κ3) is 4.29. The SMILES string of the molecule is CCc1ccc(-c2ccc(N3CCN(C(=O)c4ccc(C)cc4)CC3)nn2)cc1. The summed E-state index contributed by atoms with van der Waals surface area (Å²) < 4.78 is 0. The predicted octanol–water partition coefficient (Wildman–Crippen LogP) is 3.98. The summed E-state index contributed by atoms with van der Waals surface area (Å²) in [5, 5.41) is 8.85. The number of nitrogens with zero attached hydrogens (tertiary/aromatic N) is 4. The molecule has 1 aromatic heterocycles. The van der Waals surface area contributed by atoms with Gasteiger partial charge in [0.05, 0.1) is 5.69 Å². The Kier molecular flexibility index (Phi) is 5.56. The fourth-order valence-electron chi connectivity index (χ4n) is 3.58. The van der Waals surface area contributed by atoms with E-state index in [4.69, 9.17) is 0 Å². The minimum absolute atomic E-state index is 0.0987. The van der Waals surface area contributed by atoms with Crippen molar-refractivity contribution in [2.24, 2.45) is 0 Å². The zero-order valence-electron chi connectivity index (χ0n) is 17.0. The number of carbonyl (C=O) groups is 1. The van der Waals surface area contributed by atoms with Crippen LogP contribution < -0.4 is 4.90 Å². The van der Waals surface area contributed by atoms with Gasteiger partial charge in [0.15, 0.2) is 5.82 Å². The first-order valence-electron chi connectivity index (χ1n) is 10.2. The van der Waals surface area contributed by atoms with Crippen molar-refractivity contribution in [3.8, 4) is 11.3 Å². The van der Waals surface area contributed by atoms with Crippen LogP contribution in [0.1, 0.15) is 28.4 Å². The average Bonchev–Trinajstić information content (AvgIpc) is 2.79. The Bertz CT molecular complexity index is 957. The molecular weight excluding hydrogens is 360 g/mol. The predicted molar refractivity (Wildman–Crippen MR) is 116 cm³/mol. The molecule has 5 nitrogen and oxygen atoms in total. The van der Waals surface area contributed by atoms with Gasteiger partial charge in [-0.1, -0.05) is 48.9 Å². The van der Waals surface area contributed by atoms with Gasteiger partial charge in [0, 0.05) is 37.3 Å². The number of carbonyl (C=O) groups excluding carboxylic acids is 1. The number of benzene rings is 2. The minimum Gasteiger partial charge on any atom is -0.352 e. The van der Waals surface area contributed by atoms with Gasteiger partial charge in [-0.25, -0.2) is 0 Å². The van der Waals surface area contributed by atoms with E-state index in [-0.39, 0.29) is 5.91 Å². The Morgan fingerprint density at radius 3 is 2.14 bits per heavy atom. The number of aryl methyl sites for hydroxylation is 2. The van der Waals surface area contributed by atoms with Crippen LogP contribution in [0.5, 0.6) is 0 Å². The lowest BCUT2D eigenvalue weighted by Gasteiger charge is -2.35. The normalized spacial score (nSPS) is 14.1. The molecule has 0 bridgehead atoms. The van der Waals surface area contributed by atoms with Crippen LogP contribution in [-0.4, -0.2) is 47.2 Å². The summed E-state index contributed by atoms with van der Waals surface area (Å²) in [6, 6.07) is 20.3.